The lowest BCUT2D eigenvalue weighted by atomic mass is 10.1. The maximum Gasteiger partial charge on any atom is 0.266 e. The molecule has 1 heterocycles. The first-order valence-electron chi connectivity index (χ1n) is 7.96. The molecule has 122 valence electrons. The predicted molar refractivity (Wildman–Crippen MR) is 99.3 cm³/mol. The van der Waals surface area contributed by atoms with Gasteiger partial charge in [0, 0.05) is 9.79 Å². The molecule has 4 heteroatoms. The zero-order valence-electron chi connectivity index (χ0n) is 13.6. The maximum atomic E-state index is 12.5. The summed E-state index contributed by atoms with van der Waals surface area (Å²) in [6.45, 7) is 2.06. The van der Waals surface area contributed by atoms with Crippen molar-refractivity contribution in [3.8, 4) is 0 Å². The van der Waals surface area contributed by atoms with E-state index in [0.717, 1.165) is 9.79 Å². The van der Waals surface area contributed by atoms with Crippen molar-refractivity contribution in [1.29, 1.82) is 0 Å². The molecule has 0 bridgehead atoms. The third kappa shape index (κ3) is 2.85. The summed E-state index contributed by atoms with van der Waals surface area (Å²) in [7, 11) is 0. The second-order valence-corrected chi connectivity index (χ2v) is 7.05. The van der Waals surface area contributed by atoms with Crippen molar-refractivity contribution in [3.05, 3.63) is 89.5 Å². The Hall–Kier alpha value is -2.85. The average Bonchev–Trinajstić information content (AvgIpc) is 2.89. The van der Waals surface area contributed by atoms with Gasteiger partial charge in [-0.05, 0) is 55.5 Å². The number of anilines is 1. The maximum absolute atomic E-state index is 12.5. The lowest BCUT2D eigenvalue weighted by molar-refractivity contribution is 0.0926. The number of amides is 2. The van der Waals surface area contributed by atoms with Crippen molar-refractivity contribution in [1.82, 2.24) is 0 Å². The summed E-state index contributed by atoms with van der Waals surface area (Å²) in [6.07, 6.45) is 0. The Morgan fingerprint density at radius 3 is 1.68 bits per heavy atom. The second-order valence-electron chi connectivity index (χ2n) is 5.90. The van der Waals surface area contributed by atoms with Crippen LogP contribution < -0.4 is 4.90 Å². The third-order valence-corrected chi connectivity index (χ3v) is 5.16. The van der Waals surface area contributed by atoms with Crippen molar-refractivity contribution in [3.63, 3.8) is 0 Å². The number of benzene rings is 3. The van der Waals surface area contributed by atoms with Crippen LogP contribution in [-0.2, 0) is 0 Å². The highest BCUT2D eigenvalue weighted by Crippen LogP contribution is 2.32. The Kier molecular flexibility index (Phi) is 3.90. The van der Waals surface area contributed by atoms with Crippen LogP contribution in [0.5, 0.6) is 0 Å². The topological polar surface area (TPSA) is 37.4 Å². The van der Waals surface area contributed by atoms with Crippen molar-refractivity contribution in [2.45, 2.75) is 16.7 Å². The molecule has 0 radical (unpaired) electrons. The van der Waals surface area contributed by atoms with Crippen LogP contribution in [-0.4, -0.2) is 11.8 Å². The third-order valence-electron chi connectivity index (χ3n) is 4.15. The minimum absolute atomic E-state index is 0.264. The quantitative estimate of drug-likeness (QED) is 0.631. The lowest BCUT2D eigenvalue weighted by Crippen LogP contribution is -2.29. The van der Waals surface area contributed by atoms with E-state index in [9.17, 15) is 9.59 Å². The number of fused-ring (bicyclic) bond motifs is 1. The molecule has 0 spiro atoms. The molecule has 2 amide bonds. The fraction of sp³-hybridized carbons (Fsp3) is 0.0476. The monoisotopic (exact) mass is 345 g/mol. The summed E-state index contributed by atoms with van der Waals surface area (Å²) in [5.41, 5.74) is 2.75. The Morgan fingerprint density at radius 2 is 1.16 bits per heavy atom. The fourth-order valence-electron chi connectivity index (χ4n) is 2.83. The Labute approximate surface area is 150 Å². The van der Waals surface area contributed by atoms with Gasteiger partial charge in [-0.25, -0.2) is 4.90 Å². The van der Waals surface area contributed by atoms with Crippen molar-refractivity contribution >= 4 is 29.3 Å². The van der Waals surface area contributed by atoms with Gasteiger partial charge in [0.25, 0.3) is 11.8 Å². The summed E-state index contributed by atoms with van der Waals surface area (Å²) in [5.74, 6) is -0.529. The second kappa shape index (κ2) is 6.22. The lowest BCUT2D eigenvalue weighted by Gasteiger charge is -2.14. The molecule has 25 heavy (non-hydrogen) atoms. The highest BCUT2D eigenvalue weighted by Gasteiger charge is 2.36. The van der Waals surface area contributed by atoms with Gasteiger partial charge < -0.3 is 0 Å². The van der Waals surface area contributed by atoms with E-state index >= 15 is 0 Å². The molecule has 0 saturated carbocycles. The van der Waals surface area contributed by atoms with Gasteiger partial charge in [0.15, 0.2) is 0 Å². The summed E-state index contributed by atoms with van der Waals surface area (Å²) in [4.78, 5) is 28.5. The van der Waals surface area contributed by atoms with Crippen LogP contribution >= 0.6 is 11.8 Å². The van der Waals surface area contributed by atoms with E-state index in [1.54, 1.807) is 36.0 Å². The van der Waals surface area contributed by atoms with E-state index in [1.807, 2.05) is 24.3 Å². The number of carbonyl (C=O) groups is 2. The number of aryl methyl sites for hydroxylation is 1. The number of hydrogen-bond acceptors (Lipinski definition) is 3. The summed E-state index contributed by atoms with van der Waals surface area (Å²) < 4.78 is 0. The Balaban J connectivity index is 1.58. The molecular formula is C21H15NO2S. The van der Waals surface area contributed by atoms with Crippen LogP contribution in [0.3, 0.4) is 0 Å². The number of nitrogens with zero attached hydrogens (tertiary/aromatic N) is 1. The molecule has 3 aromatic carbocycles. The molecular weight excluding hydrogens is 330 g/mol. The highest BCUT2D eigenvalue weighted by molar-refractivity contribution is 7.99. The molecule has 3 nitrogen and oxygen atoms in total. The largest absolute Gasteiger partial charge is 0.268 e. The number of rotatable bonds is 3. The van der Waals surface area contributed by atoms with E-state index in [4.69, 9.17) is 0 Å². The van der Waals surface area contributed by atoms with Gasteiger partial charge in [-0.15, -0.1) is 0 Å². The molecule has 0 saturated heterocycles. The average molecular weight is 345 g/mol. The van der Waals surface area contributed by atoms with Gasteiger partial charge in [0.1, 0.15) is 0 Å². The Bertz CT molecular complexity index is 927. The number of carbonyl (C=O) groups excluding carboxylic acids is 2. The van der Waals surface area contributed by atoms with E-state index < -0.39 is 0 Å². The van der Waals surface area contributed by atoms with Gasteiger partial charge >= 0.3 is 0 Å². The fourth-order valence-corrected chi connectivity index (χ4v) is 3.65. The normalized spacial score (nSPS) is 13.2. The van der Waals surface area contributed by atoms with Crippen LogP contribution in [0, 0.1) is 6.92 Å². The van der Waals surface area contributed by atoms with Crippen LogP contribution in [0.15, 0.2) is 82.6 Å². The van der Waals surface area contributed by atoms with E-state index in [0.29, 0.717) is 16.8 Å². The first-order chi connectivity index (χ1) is 12.1. The zero-order valence-corrected chi connectivity index (χ0v) is 14.4. The summed E-state index contributed by atoms with van der Waals surface area (Å²) >= 11 is 1.65. The molecule has 0 N–H and O–H groups in total. The van der Waals surface area contributed by atoms with Gasteiger partial charge in [-0.1, -0.05) is 41.6 Å². The minimum atomic E-state index is -0.264. The van der Waals surface area contributed by atoms with Crippen LogP contribution in [0.2, 0.25) is 0 Å². The summed E-state index contributed by atoms with van der Waals surface area (Å²) in [6, 6.07) is 22.8. The van der Waals surface area contributed by atoms with Gasteiger partial charge in [-0.2, -0.15) is 0 Å². The molecule has 0 atom stereocenters. The zero-order chi connectivity index (χ0) is 17.4. The molecule has 0 unspecified atom stereocenters. The minimum Gasteiger partial charge on any atom is -0.268 e. The first-order valence-corrected chi connectivity index (χ1v) is 8.77. The Morgan fingerprint density at radius 1 is 0.680 bits per heavy atom. The van der Waals surface area contributed by atoms with E-state index in [2.05, 4.69) is 31.2 Å². The highest BCUT2D eigenvalue weighted by atomic mass is 32.2. The van der Waals surface area contributed by atoms with Crippen LogP contribution in [0.4, 0.5) is 5.69 Å². The molecule has 0 aliphatic carbocycles. The van der Waals surface area contributed by atoms with Crippen molar-refractivity contribution in [2.24, 2.45) is 0 Å². The molecule has 0 aromatic heterocycles. The van der Waals surface area contributed by atoms with Gasteiger partial charge in [0.05, 0.1) is 16.8 Å². The summed E-state index contributed by atoms with van der Waals surface area (Å²) in [5, 5.41) is 0. The van der Waals surface area contributed by atoms with E-state index in [1.165, 1.54) is 10.5 Å². The van der Waals surface area contributed by atoms with Crippen molar-refractivity contribution in [2.75, 3.05) is 4.90 Å². The molecule has 1 aliphatic rings. The predicted octanol–water partition coefficient (Wildman–Crippen LogP) is 4.95. The van der Waals surface area contributed by atoms with Gasteiger partial charge in [-0.3, -0.25) is 9.59 Å². The molecule has 3 aromatic rings. The van der Waals surface area contributed by atoms with Crippen LogP contribution in [0.1, 0.15) is 26.3 Å². The molecule has 1 aliphatic heterocycles. The standard InChI is InChI=1S/C21H15NO2S/c1-14-6-10-16(11-7-14)25-17-12-8-15(9-13-17)22-20(23)18-4-2-3-5-19(18)21(22)24/h2-13H,1H3. The smallest absolute Gasteiger partial charge is 0.266 e. The number of imide groups is 1. The van der Waals surface area contributed by atoms with E-state index in [-0.39, 0.29) is 11.8 Å². The van der Waals surface area contributed by atoms with Crippen molar-refractivity contribution < 1.29 is 9.59 Å². The first kappa shape index (κ1) is 15.7. The number of hydrogen-bond donors (Lipinski definition) is 0. The molecule has 4 rings (SSSR count). The van der Waals surface area contributed by atoms with Crippen LogP contribution in [0.25, 0.3) is 0 Å². The van der Waals surface area contributed by atoms with Gasteiger partial charge in [0.2, 0.25) is 0 Å². The SMILES string of the molecule is Cc1ccc(Sc2ccc(N3C(=O)c4ccccc4C3=O)cc2)cc1. The molecule has 0 fully saturated rings.